The number of rotatable bonds is 7. The smallest absolute Gasteiger partial charge is 0.387 e. The number of alkyl halides is 2. The van der Waals surface area contributed by atoms with Crippen LogP contribution in [0.15, 0.2) is 24.3 Å². The molecule has 1 aromatic rings. The van der Waals surface area contributed by atoms with Gasteiger partial charge in [-0.1, -0.05) is 6.92 Å². The van der Waals surface area contributed by atoms with Crippen LogP contribution in [-0.2, 0) is 4.79 Å². The van der Waals surface area contributed by atoms with E-state index in [-0.39, 0.29) is 24.2 Å². The van der Waals surface area contributed by atoms with E-state index in [4.69, 9.17) is 5.11 Å². The van der Waals surface area contributed by atoms with Gasteiger partial charge in [0.2, 0.25) is 0 Å². The number of hydrogen-bond acceptors (Lipinski definition) is 3. The Morgan fingerprint density at radius 1 is 1.32 bits per heavy atom. The molecule has 5 nitrogen and oxygen atoms in total. The van der Waals surface area contributed by atoms with Crippen LogP contribution in [0.4, 0.5) is 8.78 Å². The molecule has 1 unspecified atom stereocenters. The fourth-order valence-corrected chi connectivity index (χ4v) is 2.10. The van der Waals surface area contributed by atoms with Gasteiger partial charge in [-0.2, -0.15) is 8.78 Å². The molecule has 0 heterocycles. The van der Waals surface area contributed by atoms with E-state index < -0.39 is 18.5 Å². The Morgan fingerprint density at radius 2 is 1.91 bits per heavy atom. The average molecular weight is 313 g/mol. The van der Waals surface area contributed by atoms with Crippen LogP contribution in [-0.4, -0.2) is 41.1 Å². The second kappa shape index (κ2) is 6.72. The van der Waals surface area contributed by atoms with Gasteiger partial charge in [0.05, 0.1) is 5.92 Å². The predicted octanol–water partition coefficient (Wildman–Crippen LogP) is 2.61. The number of carbonyl (C=O) groups excluding carboxylic acids is 1. The van der Waals surface area contributed by atoms with Crippen LogP contribution in [0.25, 0.3) is 0 Å². The van der Waals surface area contributed by atoms with Crippen LogP contribution >= 0.6 is 0 Å². The number of aliphatic carboxylic acids is 1. The molecule has 7 heteroatoms. The first-order valence-corrected chi connectivity index (χ1v) is 6.97. The number of nitrogens with zero attached hydrogens (tertiary/aromatic N) is 1. The monoisotopic (exact) mass is 313 g/mol. The molecule has 0 radical (unpaired) electrons. The van der Waals surface area contributed by atoms with E-state index in [0.717, 1.165) is 12.8 Å². The highest BCUT2D eigenvalue weighted by molar-refractivity contribution is 5.95. The molecule has 0 aromatic heterocycles. The van der Waals surface area contributed by atoms with Crippen LogP contribution in [0.1, 0.15) is 30.1 Å². The maximum atomic E-state index is 12.5. The van der Waals surface area contributed by atoms with Gasteiger partial charge >= 0.3 is 12.6 Å². The SMILES string of the molecule is CC(CN(C(=O)c1ccc(OC(F)F)cc1)C1CC1)C(=O)O. The van der Waals surface area contributed by atoms with Crippen molar-refractivity contribution >= 4 is 11.9 Å². The molecule has 1 fully saturated rings. The van der Waals surface area contributed by atoms with Gasteiger partial charge in [-0.3, -0.25) is 9.59 Å². The summed E-state index contributed by atoms with van der Waals surface area (Å²) in [5, 5.41) is 8.98. The third kappa shape index (κ3) is 4.16. The molecule has 0 aliphatic heterocycles. The lowest BCUT2D eigenvalue weighted by atomic mass is 10.1. The van der Waals surface area contributed by atoms with Crippen LogP contribution in [0.2, 0.25) is 0 Å². The first-order valence-electron chi connectivity index (χ1n) is 6.97. The summed E-state index contributed by atoms with van der Waals surface area (Å²) in [5.41, 5.74) is 0.325. The first-order chi connectivity index (χ1) is 10.4. The fraction of sp³-hybridized carbons (Fsp3) is 0.467. The van der Waals surface area contributed by atoms with E-state index in [1.54, 1.807) is 11.8 Å². The summed E-state index contributed by atoms with van der Waals surface area (Å²) < 4.78 is 28.4. The van der Waals surface area contributed by atoms with E-state index in [1.807, 2.05) is 0 Å². The van der Waals surface area contributed by atoms with Crippen molar-refractivity contribution in [1.82, 2.24) is 4.90 Å². The Morgan fingerprint density at radius 3 is 2.36 bits per heavy atom. The lowest BCUT2D eigenvalue weighted by Crippen LogP contribution is -2.38. The molecule has 0 saturated heterocycles. The van der Waals surface area contributed by atoms with Gasteiger partial charge in [-0.15, -0.1) is 0 Å². The van der Waals surface area contributed by atoms with Gasteiger partial charge in [0.1, 0.15) is 5.75 Å². The Bertz CT molecular complexity index is 543. The summed E-state index contributed by atoms with van der Waals surface area (Å²) in [4.78, 5) is 25.0. The Hall–Kier alpha value is -2.18. The normalized spacial score (nSPS) is 15.5. The average Bonchev–Trinajstić information content (AvgIpc) is 3.28. The summed E-state index contributed by atoms with van der Waals surface area (Å²) in [5.74, 6) is -1.94. The van der Waals surface area contributed by atoms with Crippen molar-refractivity contribution in [2.24, 2.45) is 5.92 Å². The van der Waals surface area contributed by atoms with Gasteiger partial charge in [0, 0.05) is 18.2 Å². The number of carbonyl (C=O) groups is 2. The Balaban J connectivity index is 2.08. The number of carboxylic acid groups (broad SMARTS) is 1. The zero-order valence-electron chi connectivity index (χ0n) is 12.0. The second-order valence-corrected chi connectivity index (χ2v) is 5.33. The highest BCUT2D eigenvalue weighted by Gasteiger charge is 2.34. The highest BCUT2D eigenvalue weighted by Crippen LogP contribution is 2.29. The van der Waals surface area contributed by atoms with E-state index >= 15 is 0 Å². The van der Waals surface area contributed by atoms with E-state index in [1.165, 1.54) is 24.3 Å². The molecule has 1 aliphatic rings. The van der Waals surface area contributed by atoms with E-state index in [9.17, 15) is 18.4 Å². The number of carboxylic acids is 1. The minimum atomic E-state index is -2.92. The lowest BCUT2D eigenvalue weighted by molar-refractivity contribution is -0.141. The fourth-order valence-electron chi connectivity index (χ4n) is 2.10. The van der Waals surface area contributed by atoms with E-state index in [0.29, 0.717) is 5.56 Å². The third-order valence-electron chi connectivity index (χ3n) is 3.47. The van der Waals surface area contributed by atoms with Crippen molar-refractivity contribution in [3.63, 3.8) is 0 Å². The second-order valence-electron chi connectivity index (χ2n) is 5.33. The van der Waals surface area contributed by atoms with Crippen LogP contribution in [0.5, 0.6) is 5.75 Å². The van der Waals surface area contributed by atoms with Gasteiger partial charge < -0.3 is 14.7 Å². The molecule has 1 atom stereocenters. The van der Waals surface area contributed by atoms with Crippen molar-refractivity contribution in [2.45, 2.75) is 32.4 Å². The summed E-state index contributed by atoms with van der Waals surface area (Å²) in [6, 6.07) is 5.46. The zero-order valence-corrected chi connectivity index (χ0v) is 12.0. The molecule has 1 aromatic carbocycles. The first kappa shape index (κ1) is 16.2. The Kier molecular flexibility index (Phi) is 4.95. The molecule has 1 amide bonds. The number of benzene rings is 1. The molecular weight excluding hydrogens is 296 g/mol. The summed E-state index contributed by atoms with van der Waals surface area (Å²) in [6.07, 6.45) is 1.70. The van der Waals surface area contributed by atoms with E-state index in [2.05, 4.69) is 4.74 Å². The molecule has 1 aliphatic carbocycles. The quantitative estimate of drug-likeness (QED) is 0.840. The van der Waals surface area contributed by atoms with Gasteiger partial charge in [0.15, 0.2) is 0 Å². The molecule has 0 spiro atoms. The Labute approximate surface area is 126 Å². The molecule has 2 rings (SSSR count). The van der Waals surface area contributed by atoms with Crippen molar-refractivity contribution < 1.29 is 28.2 Å². The van der Waals surface area contributed by atoms with Gasteiger partial charge in [-0.25, -0.2) is 0 Å². The summed E-state index contributed by atoms with van der Waals surface area (Å²) in [6.45, 7) is -1.24. The van der Waals surface area contributed by atoms with Gasteiger partial charge in [0.25, 0.3) is 5.91 Å². The maximum absolute atomic E-state index is 12.5. The van der Waals surface area contributed by atoms with Crippen molar-refractivity contribution in [2.75, 3.05) is 6.54 Å². The van der Waals surface area contributed by atoms with Crippen molar-refractivity contribution in [3.05, 3.63) is 29.8 Å². The topological polar surface area (TPSA) is 66.8 Å². The predicted molar refractivity (Wildman–Crippen MR) is 73.9 cm³/mol. The summed E-state index contributed by atoms with van der Waals surface area (Å²) >= 11 is 0. The molecule has 1 N–H and O–H groups in total. The molecule has 22 heavy (non-hydrogen) atoms. The molecule has 1 saturated carbocycles. The third-order valence-corrected chi connectivity index (χ3v) is 3.47. The number of halogens is 2. The minimum Gasteiger partial charge on any atom is -0.481 e. The zero-order chi connectivity index (χ0) is 16.3. The van der Waals surface area contributed by atoms with Crippen LogP contribution in [0.3, 0.4) is 0 Å². The van der Waals surface area contributed by atoms with Crippen molar-refractivity contribution in [1.29, 1.82) is 0 Å². The molecule has 0 bridgehead atoms. The van der Waals surface area contributed by atoms with Gasteiger partial charge in [-0.05, 0) is 37.1 Å². The number of hydrogen-bond donors (Lipinski definition) is 1. The molecular formula is C15H17F2NO4. The van der Waals surface area contributed by atoms with Crippen LogP contribution < -0.4 is 4.74 Å². The minimum absolute atomic E-state index is 0.0246. The van der Waals surface area contributed by atoms with Crippen LogP contribution in [0, 0.1) is 5.92 Å². The maximum Gasteiger partial charge on any atom is 0.387 e. The van der Waals surface area contributed by atoms with Crippen molar-refractivity contribution in [3.8, 4) is 5.75 Å². The number of amides is 1. The molecule has 120 valence electrons. The lowest BCUT2D eigenvalue weighted by Gasteiger charge is -2.24. The number of ether oxygens (including phenoxy) is 1. The summed E-state index contributed by atoms with van der Waals surface area (Å²) in [7, 11) is 0. The largest absolute Gasteiger partial charge is 0.481 e. The standard InChI is InChI=1S/C15H17F2NO4/c1-9(14(20)21)8-18(11-4-5-11)13(19)10-2-6-12(7-3-10)22-15(16)17/h2-3,6-7,9,11,15H,4-5,8H2,1H3,(H,20,21). The highest BCUT2D eigenvalue weighted by atomic mass is 19.3.